The lowest BCUT2D eigenvalue weighted by atomic mass is 10.1. The van der Waals surface area contributed by atoms with Crippen molar-refractivity contribution in [3.63, 3.8) is 0 Å². The highest BCUT2D eigenvalue weighted by Crippen LogP contribution is 2.33. The maximum Gasteiger partial charge on any atom is 0.416 e. The summed E-state index contributed by atoms with van der Waals surface area (Å²) in [6.45, 7) is 4.08. The quantitative estimate of drug-likeness (QED) is 0.742. The van der Waals surface area contributed by atoms with Crippen molar-refractivity contribution in [1.82, 2.24) is 4.90 Å². The first-order valence-electron chi connectivity index (χ1n) is 5.32. The summed E-state index contributed by atoms with van der Waals surface area (Å²) in [7, 11) is 0. The van der Waals surface area contributed by atoms with E-state index in [1.54, 1.807) is 4.90 Å². The number of hydrogen-bond acceptors (Lipinski definition) is 1. The van der Waals surface area contributed by atoms with Gasteiger partial charge in [-0.1, -0.05) is 6.07 Å². The minimum Gasteiger partial charge on any atom is -0.332 e. The highest BCUT2D eigenvalue weighted by molar-refractivity contribution is 5.98. The fourth-order valence-electron chi connectivity index (χ4n) is 1.92. The highest BCUT2D eigenvalue weighted by atomic mass is 19.4. The molecule has 0 aromatic heterocycles. The molecule has 5 heteroatoms. The van der Waals surface area contributed by atoms with Gasteiger partial charge in [-0.15, -0.1) is 0 Å². The molecule has 0 spiro atoms. The molecule has 1 amide bonds. The van der Waals surface area contributed by atoms with Crippen LogP contribution in [-0.4, -0.2) is 16.8 Å². The van der Waals surface area contributed by atoms with Crippen LogP contribution in [0.15, 0.2) is 18.2 Å². The van der Waals surface area contributed by atoms with Gasteiger partial charge in [0.25, 0.3) is 5.91 Å². The minimum atomic E-state index is -4.40. The first kappa shape index (κ1) is 12.0. The SMILES string of the molecule is CC(C)N1Cc2ccc(C(F)(F)F)cc2C1=O. The van der Waals surface area contributed by atoms with Crippen molar-refractivity contribution in [3.05, 3.63) is 34.9 Å². The van der Waals surface area contributed by atoms with Crippen LogP contribution in [0.2, 0.25) is 0 Å². The molecule has 0 saturated heterocycles. The Morgan fingerprint density at radius 2 is 1.94 bits per heavy atom. The molecular weight excluding hydrogens is 231 g/mol. The van der Waals surface area contributed by atoms with E-state index in [9.17, 15) is 18.0 Å². The van der Waals surface area contributed by atoms with E-state index in [1.807, 2.05) is 13.8 Å². The number of halogens is 3. The van der Waals surface area contributed by atoms with E-state index in [2.05, 4.69) is 0 Å². The molecule has 1 aliphatic heterocycles. The van der Waals surface area contributed by atoms with Crippen molar-refractivity contribution in [3.8, 4) is 0 Å². The molecule has 0 unspecified atom stereocenters. The molecule has 1 aromatic rings. The van der Waals surface area contributed by atoms with Gasteiger partial charge in [0.15, 0.2) is 0 Å². The maximum absolute atomic E-state index is 12.5. The van der Waals surface area contributed by atoms with Gasteiger partial charge in [0.2, 0.25) is 0 Å². The summed E-state index contributed by atoms with van der Waals surface area (Å²) in [6.07, 6.45) is -4.40. The molecule has 0 radical (unpaired) electrons. The molecule has 0 atom stereocenters. The lowest BCUT2D eigenvalue weighted by molar-refractivity contribution is -0.137. The predicted octanol–water partition coefficient (Wildman–Crippen LogP) is 3.07. The average molecular weight is 243 g/mol. The Morgan fingerprint density at radius 1 is 1.29 bits per heavy atom. The standard InChI is InChI=1S/C12H12F3NO/c1-7(2)16-6-8-3-4-9(12(13,14)15)5-10(8)11(16)17/h3-5,7H,6H2,1-2H3. The van der Waals surface area contributed by atoms with Crippen LogP contribution in [0.4, 0.5) is 13.2 Å². The summed E-state index contributed by atoms with van der Waals surface area (Å²) in [4.78, 5) is 13.4. The van der Waals surface area contributed by atoms with Gasteiger partial charge >= 0.3 is 6.18 Å². The fraction of sp³-hybridized carbons (Fsp3) is 0.417. The number of amides is 1. The van der Waals surface area contributed by atoms with Gasteiger partial charge in [-0.25, -0.2) is 0 Å². The zero-order chi connectivity index (χ0) is 12.8. The smallest absolute Gasteiger partial charge is 0.332 e. The summed E-state index contributed by atoms with van der Waals surface area (Å²) in [5.41, 5.74) is 0.0698. The van der Waals surface area contributed by atoms with Crippen molar-refractivity contribution < 1.29 is 18.0 Å². The van der Waals surface area contributed by atoms with Gasteiger partial charge in [0.1, 0.15) is 0 Å². The second kappa shape index (κ2) is 3.75. The van der Waals surface area contributed by atoms with E-state index < -0.39 is 11.7 Å². The van der Waals surface area contributed by atoms with Crippen molar-refractivity contribution in [1.29, 1.82) is 0 Å². The Balaban J connectivity index is 2.41. The molecule has 1 aromatic carbocycles. The molecule has 1 aliphatic rings. The molecule has 0 bridgehead atoms. The van der Waals surface area contributed by atoms with E-state index >= 15 is 0 Å². The van der Waals surface area contributed by atoms with Gasteiger partial charge in [0.05, 0.1) is 5.56 Å². The molecule has 0 aliphatic carbocycles. The van der Waals surface area contributed by atoms with Crippen LogP contribution in [0.1, 0.15) is 35.3 Å². The molecule has 92 valence electrons. The monoisotopic (exact) mass is 243 g/mol. The molecule has 2 rings (SSSR count). The largest absolute Gasteiger partial charge is 0.416 e. The van der Waals surface area contributed by atoms with E-state index in [-0.39, 0.29) is 17.5 Å². The lowest BCUT2D eigenvalue weighted by Crippen LogP contribution is -2.30. The van der Waals surface area contributed by atoms with Crippen molar-refractivity contribution >= 4 is 5.91 Å². The zero-order valence-electron chi connectivity index (χ0n) is 9.51. The normalized spacial score (nSPS) is 15.6. The fourth-order valence-corrected chi connectivity index (χ4v) is 1.92. The molecular formula is C12H12F3NO. The molecule has 0 saturated carbocycles. The Labute approximate surface area is 97.0 Å². The van der Waals surface area contributed by atoms with Gasteiger partial charge in [-0.3, -0.25) is 4.79 Å². The highest BCUT2D eigenvalue weighted by Gasteiger charge is 2.35. The Morgan fingerprint density at radius 3 is 2.47 bits per heavy atom. The first-order valence-corrected chi connectivity index (χ1v) is 5.32. The van der Waals surface area contributed by atoms with Crippen LogP contribution >= 0.6 is 0 Å². The summed E-state index contributed by atoms with van der Waals surface area (Å²) in [6, 6.07) is 3.35. The van der Waals surface area contributed by atoms with Crippen LogP contribution < -0.4 is 0 Å². The van der Waals surface area contributed by atoms with Gasteiger partial charge in [-0.05, 0) is 31.5 Å². The lowest BCUT2D eigenvalue weighted by Gasteiger charge is -2.19. The zero-order valence-corrected chi connectivity index (χ0v) is 9.51. The van der Waals surface area contributed by atoms with Crippen molar-refractivity contribution in [2.75, 3.05) is 0 Å². The van der Waals surface area contributed by atoms with Crippen LogP contribution in [0, 0.1) is 0 Å². The summed E-state index contributed by atoms with van der Waals surface area (Å²) in [5, 5.41) is 0. The van der Waals surface area contributed by atoms with E-state index in [0.29, 0.717) is 12.1 Å². The second-order valence-electron chi connectivity index (χ2n) is 4.40. The summed E-state index contributed by atoms with van der Waals surface area (Å²) < 4.78 is 37.5. The number of fused-ring (bicyclic) bond motifs is 1. The van der Waals surface area contributed by atoms with Gasteiger partial charge in [-0.2, -0.15) is 13.2 Å². The van der Waals surface area contributed by atoms with E-state index in [1.165, 1.54) is 6.07 Å². The first-order chi connectivity index (χ1) is 7.80. The number of hydrogen-bond donors (Lipinski definition) is 0. The van der Waals surface area contributed by atoms with Crippen LogP contribution in [0.5, 0.6) is 0 Å². The second-order valence-corrected chi connectivity index (χ2v) is 4.40. The molecule has 0 N–H and O–H groups in total. The third kappa shape index (κ3) is 2.01. The molecule has 1 heterocycles. The number of alkyl halides is 3. The minimum absolute atomic E-state index is 0.00997. The number of carbonyl (C=O) groups is 1. The van der Waals surface area contributed by atoms with E-state index in [0.717, 1.165) is 12.1 Å². The number of nitrogens with zero attached hydrogens (tertiary/aromatic N) is 1. The van der Waals surface area contributed by atoms with Crippen molar-refractivity contribution in [2.24, 2.45) is 0 Å². The number of carbonyl (C=O) groups excluding carboxylic acids is 1. The van der Waals surface area contributed by atoms with Crippen LogP contribution in [0.3, 0.4) is 0 Å². The third-order valence-electron chi connectivity index (χ3n) is 2.89. The van der Waals surface area contributed by atoms with Crippen molar-refractivity contribution in [2.45, 2.75) is 32.6 Å². The number of benzene rings is 1. The Bertz CT molecular complexity index is 465. The van der Waals surface area contributed by atoms with Gasteiger partial charge < -0.3 is 4.90 Å². The maximum atomic E-state index is 12.5. The van der Waals surface area contributed by atoms with Gasteiger partial charge in [0, 0.05) is 18.2 Å². The third-order valence-corrected chi connectivity index (χ3v) is 2.89. The average Bonchev–Trinajstić information content (AvgIpc) is 2.54. The molecule has 2 nitrogen and oxygen atoms in total. The van der Waals surface area contributed by atoms with E-state index in [4.69, 9.17) is 0 Å². The summed E-state index contributed by atoms with van der Waals surface area (Å²) in [5.74, 6) is -0.318. The topological polar surface area (TPSA) is 20.3 Å². The molecule has 17 heavy (non-hydrogen) atoms. The predicted molar refractivity (Wildman–Crippen MR) is 56.5 cm³/mol. The van der Waals surface area contributed by atoms with Crippen LogP contribution in [-0.2, 0) is 12.7 Å². The molecule has 0 fully saturated rings. The Kier molecular flexibility index (Phi) is 2.64. The number of rotatable bonds is 1. The van der Waals surface area contributed by atoms with Crippen LogP contribution in [0.25, 0.3) is 0 Å². The summed E-state index contributed by atoms with van der Waals surface area (Å²) >= 11 is 0. The Hall–Kier alpha value is -1.52.